The van der Waals surface area contributed by atoms with Gasteiger partial charge >= 0.3 is 5.97 Å². The molecule has 10 heteroatoms. The minimum atomic E-state index is -3.65. The second kappa shape index (κ2) is 9.79. The van der Waals surface area contributed by atoms with Gasteiger partial charge in [0.1, 0.15) is 0 Å². The molecule has 1 aliphatic heterocycles. The highest BCUT2D eigenvalue weighted by Crippen LogP contribution is 2.20. The fourth-order valence-electron chi connectivity index (χ4n) is 2.80. The number of carbonyl (C=O) groups is 2. The molecule has 1 amide bonds. The number of carbonyl (C=O) groups excluding carboxylic acids is 1. The fraction of sp³-hybridized carbons (Fsp3) is 0.529. The summed E-state index contributed by atoms with van der Waals surface area (Å²) in [5.74, 6) is -1.40. The summed E-state index contributed by atoms with van der Waals surface area (Å²) in [6, 6.07) is 6.04. The van der Waals surface area contributed by atoms with Crippen LogP contribution in [0.3, 0.4) is 0 Å². The lowest BCUT2D eigenvalue weighted by Gasteiger charge is -2.26. The third-order valence-corrected chi connectivity index (χ3v) is 5.89. The van der Waals surface area contributed by atoms with Gasteiger partial charge in [-0.15, -0.1) is 0 Å². The Balaban J connectivity index is 2.06. The molecule has 1 saturated heterocycles. The number of carboxylic acids is 1. The Labute approximate surface area is 159 Å². The zero-order valence-corrected chi connectivity index (χ0v) is 16.1. The van der Waals surface area contributed by atoms with E-state index in [0.717, 1.165) is 0 Å². The molecule has 1 fully saturated rings. The van der Waals surface area contributed by atoms with Crippen LogP contribution in [0.2, 0.25) is 0 Å². The Kier molecular flexibility index (Phi) is 7.72. The average molecular weight is 399 g/mol. The van der Waals surface area contributed by atoms with E-state index in [1.165, 1.54) is 21.3 Å². The minimum absolute atomic E-state index is 0.0828. The largest absolute Gasteiger partial charge is 0.480 e. The number of nitrogens with zero attached hydrogens (tertiary/aromatic N) is 2. The predicted octanol–water partition coefficient (Wildman–Crippen LogP) is 0.443. The molecule has 0 aromatic heterocycles. The van der Waals surface area contributed by atoms with E-state index in [1.54, 1.807) is 12.1 Å². The number of morpholine rings is 1. The smallest absolute Gasteiger partial charge is 0.317 e. The van der Waals surface area contributed by atoms with Gasteiger partial charge in [0.25, 0.3) is 0 Å². The normalized spacial score (nSPS) is 15.6. The highest BCUT2D eigenvalue weighted by Gasteiger charge is 2.26. The molecule has 1 aromatic carbocycles. The first-order valence-electron chi connectivity index (χ1n) is 8.75. The maximum atomic E-state index is 12.7. The predicted molar refractivity (Wildman–Crippen MR) is 99.0 cm³/mol. The van der Waals surface area contributed by atoms with E-state index in [0.29, 0.717) is 45.0 Å². The van der Waals surface area contributed by atoms with Crippen molar-refractivity contribution in [3.8, 4) is 0 Å². The molecule has 0 radical (unpaired) electrons. The first-order chi connectivity index (χ1) is 12.8. The molecule has 0 bridgehead atoms. The summed E-state index contributed by atoms with van der Waals surface area (Å²) in [6.07, 6.45) is 0.716. The Bertz CT molecular complexity index is 762. The number of amides is 1. The molecule has 0 aliphatic carbocycles. The maximum Gasteiger partial charge on any atom is 0.317 e. The van der Waals surface area contributed by atoms with E-state index in [4.69, 9.17) is 9.84 Å². The summed E-state index contributed by atoms with van der Waals surface area (Å²) in [5, 5.41) is 11.5. The van der Waals surface area contributed by atoms with Gasteiger partial charge in [-0.25, -0.2) is 8.42 Å². The number of carboxylic acid groups (broad SMARTS) is 1. The van der Waals surface area contributed by atoms with Gasteiger partial charge in [0, 0.05) is 18.8 Å². The summed E-state index contributed by atoms with van der Waals surface area (Å²) in [6.45, 7) is 3.35. The topological polar surface area (TPSA) is 116 Å². The first kappa shape index (κ1) is 21.3. The van der Waals surface area contributed by atoms with Gasteiger partial charge in [-0.3, -0.25) is 14.5 Å². The lowest BCUT2D eigenvalue weighted by molar-refractivity contribution is -0.138. The Morgan fingerprint density at radius 2 is 1.96 bits per heavy atom. The lowest BCUT2D eigenvalue weighted by Crippen LogP contribution is -2.40. The number of anilines is 1. The molecule has 1 heterocycles. The molecule has 150 valence electrons. The number of sulfonamides is 1. The van der Waals surface area contributed by atoms with Crippen molar-refractivity contribution in [2.24, 2.45) is 0 Å². The van der Waals surface area contributed by atoms with Gasteiger partial charge in [0.2, 0.25) is 15.9 Å². The van der Waals surface area contributed by atoms with Gasteiger partial charge < -0.3 is 15.2 Å². The van der Waals surface area contributed by atoms with E-state index in [1.807, 2.05) is 6.92 Å². The number of nitrogens with one attached hydrogen (secondary N) is 1. The summed E-state index contributed by atoms with van der Waals surface area (Å²) in [7, 11) is -3.65. The van der Waals surface area contributed by atoms with E-state index >= 15 is 0 Å². The van der Waals surface area contributed by atoms with E-state index < -0.39 is 21.9 Å². The highest BCUT2D eigenvalue weighted by atomic mass is 32.2. The lowest BCUT2D eigenvalue weighted by atomic mass is 10.3. The van der Waals surface area contributed by atoms with Gasteiger partial charge in [0.05, 0.1) is 31.2 Å². The SMILES string of the molecule is CCCN(CC(=O)O)CC(=O)Nc1cccc(S(=O)(=O)N2CCOCC2)c1. The van der Waals surface area contributed by atoms with Gasteiger partial charge in [-0.2, -0.15) is 4.31 Å². The molecular weight excluding hydrogens is 374 g/mol. The van der Waals surface area contributed by atoms with Crippen molar-refractivity contribution in [2.45, 2.75) is 18.2 Å². The van der Waals surface area contributed by atoms with Crippen molar-refractivity contribution < 1.29 is 27.9 Å². The number of hydrogen-bond donors (Lipinski definition) is 2. The number of benzene rings is 1. The standard InChI is InChI=1S/C17H25N3O6S/c1-2-6-19(13-17(22)23)12-16(21)18-14-4-3-5-15(11-14)27(24,25)20-7-9-26-10-8-20/h3-5,11H,2,6-10,12-13H2,1H3,(H,18,21)(H,22,23). The minimum Gasteiger partial charge on any atom is -0.480 e. The second-order valence-electron chi connectivity index (χ2n) is 6.20. The number of hydrogen-bond acceptors (Lipinski definition) is 6. The van der Waals surface area contributed by atoms with Crippen molar-refractivity contribution in [3.63, 3.8) is 0 Å². The fourth-order valence-corrected chi connectivity index (χ4v) is 4.25. The van der Waals surface area contributed by atoms with Crippen LogP contribution in [0.5, 0.6) is 0 Å². The molecule has 0 unspecified atom stereocenters. The highest BCUT2D eigenvalue weighted by molar-refractivity contribution is 7.89. The summed E-state index contributed by atoms with van der Waals surface area (Å²) in [4.78, 5) is 24.7. The molecule has 0 spiro atoms. The van der Waals surface area contributed by atoms with Crippen LogP contribution < -0.4 is 5.32 Å². The number of rotatable bonds is 9. The molecule has 2 N–H and O–H groups in total. The first-order valence-corrected chi connectivity index (χ1v) is 10.2. The van der Waals surface area contributed by atoms with Crippen molar-refractivity contribution in [1.29, 1.82) is 0 Å². The van der Waals surface area contributed by atoms with Crippen LogP contribution in [0.15, 0.2) is 29.2 Å². The zero-order chi connectivity index (χ0) is 19.9. The summed E-state index contributed by atoms with van der Waals surface area (Å²) >= 11 is 0. The third kappa shape index (κ3) is 6.28. The molecule has 9 nitrogen and oxygen atoms in total. The monoisotopic (exact) mass is 399 g/mol. The zero-order valence-electron chi connectivity index (χ0n) is 15.3. The van der Waals surface area contributed by atoms with E-state index in [9.17, 15) is 18.0 Å². The second-order valence-corrected chi connectivity index (χ2v) is 8.13. The van der Waals surface area contributed by atoms with Crippen LogP contribution in [-0.2, 0) is 24.3 Å². The summed E-state index contributed by atoms with van der Waals surface area (Å²) in [5.41, 5.74) is 0.348. The van der Waals surface area contributed by atoms with E-state index in [-0.39, 0.29) is 18.0 Å². The summed E-state index contributed by atoms with van der Waals surface area (Å²) < 4.78 is 31.9. The van der Waals surface area contributed by atoms with Crippen LogP contribution >= 0.6 is 0 Å². The molecule has 1 aliphatic rings. The average Bonchev–Trinajstić information content (AvgIpc) is 2.62. The molecule has 1 aromatic rings. The Hall–Kier alpha value is -2.01. The van der Waals surface area contributed by atoms with Gasteiger partial charge in [-0.1, -0.05) is 13.0 Å². The Morgan fingerprint density at radius 1 is 1.26 bits per heavy atom. The van der Waals surface area contributed by atoms with Crippen molar-refractivity contribution in [1.82, 2.24) is 9.21 Å². The van der Waals surface area contributed by atoms with Crippen LogP contribution in [0.25, 0.3) is 0 Å². The van der Waals surface area contributed by atoms with Crippen molar-refractivity contribution >= 4 is 27.6 Å². The maximum absolute atomic E-state index is 12.7. The third-order valence-electron chi connectivity index (χ3n) is 3.99. The molecular formula is C17H25N3O6S. The number of ether oxygens (including phenoxy) is 1. The van der Waals surface area contributed by atoms with Gasteiger partial charge in [0.15, 0.2) is 0 Å². The molecule has 27 heavy (non-hydrogen) atoms. The molecule has 2 rings (SSSR count). The van der Waals surface area contributed by atoms with Crippen LogP contribution in [0, 0.1) is 0 Å². The molecule has 0 saturated carbocycles. The van der Waals surface area contributed by atoms with Gasteiger partial charge in [-0.05, 0) is 31.2 Å². The quantitative estimate of drug-likeness (QED) is 0.619. The van der Waals surface area contributed by atoms with Crippen LogP contribution in [-0.4, -0.2) is 80.5 Å². The van der Waals surface area contributed by atoms with E-state index in [2.05, 4.69) is 5.32 Å². The Morgan fingerprint density at radius 3 is 2.59 bits per heavy atom. The van der Waals surface area contributed by atoms with Crippen LogP contribution in [0.4, 0.5) is 5.69 Å². The van der Waals surface area contributed by atoms with Crippen molar-refractivity contribution in [2.75, 3.05) is 51.3 Å². The van der Waals surface area contributed by atoms with Crippen molar-refractivity contribution in [3.05, 3.63) is 24.3 Å². The van der Waals surface area contributed by atoms with Crippen LogP contribution in [0.1, 0.15) is 13.3 Å². The number of aliphatic carboxylic acids is 1. The molecule has 0 atom stereocenters.